The fourth-order valence-corrected chi connectivity index (χ4v) is 5.60. The van der Waals surface area contributed by atoms with Gasteiger partial charge in [-0.15, -0.1) is 0 Å². The molecular weight excluding hydrogens is 374 g/mol. The monoisotopic (exact) mass is 399 g/mol. The molecule has 4 rings (SSSR count). The maximum atomic E-state index is 13.1. The van der Waals surface area contributed by atoms with Crippen molar-refractivity contribution in [1.29, 1.82) is 0 Å². The highest BCUT2D eigenvalue weighted by atomic mass is 32.2. The highest BCUT2D eigenvalue weighted by molar-refractivity contribution is 7.89. The van der Waals surface area contributed by atoms with Gasteiger partial charge in [-0.25, -0.2) is 13.4 Å². The zero-order chi connectivity index (χ0) is 19.7. The first kappa shape index (κ1) is 19.0. The molecule has 3 aromatic rings. The Morgan fingerprint density at radius 3 is 2.64 bits per heavy atom. The summed E-state index contributed by atoms with van der Waals surface area (Å²) in [5, 5.41) is 0. The number of sulfonamides is 1. The zero-order valence-corrected chi connectivity index (χ0v) is 17.0. The normalized spacial score (nSPS) is 16.5. The zero-order valence-electron chi connectivity index (χ0n) is 16.2. The number of para-hydroxylation sites is 2. The van der Waals surface area contributed by atoms with Crippen molar-refractivity contribution in [1.82, 2.24) is 13.9 Å². The van der Waals surface area contributed by atoms with Crippen molar-refractivity contribution in [2.24, 2.45) is 5.92 Å². The lowest BCUT2D eigenvalue weighted by Gasteiger charge is -2.31. The lowest BCUT2D eigenvalue weighted by molar-refractivity contribution is 0.254. The van der Waals surface area contributed by atoms with Crippen LogP contribution in [0, 0.1) is 12.8 Å². The van der Waals surface area contributed by atoms with Crippen LogP contribution in [0.1, 0.15) is 18.4 Å². The molecule has 0 amide bonds. The predicted octanol–water partition coefficient (Wildman–Crippen LogP) is 3.45. The largest absolute Gasteiger partial charge is 0.495 e. The fourth-order valence-electron chi connectivity index (χ4n) is 3.89. The first-order chi connectivity index (χ1) is 13.5. The number of hydrogen-bond donors (Lipinski definition) is 0. The van der Waals surface area contributed by atoms with Gasteiger partial charge in [-0.1, -0.05) is 18.2 Å². The van der Waals surface area contributed by atoms with E-state index in [9.17, 15) is 8.42 Å². The Kier molecular flexibility index (Phi) is 5.12. The summed E-state index contributed by atoms with van der Waals surface area (Å²) in [4.78, 5) is 4.71. The number of imidazole rings is 1. The topological polar surface area (TPSA) is 64.4 Å². The average Bonchev–Trinajstić information content (AvgIpc) is 3.11. The maximum Gasteiger partial charge on any atom is 0.246 e. The van der Waals surface area contributed by atoms with Crippen LogP contribution >= 0.6 is 0 Å². The SMILES string of the molecule is COc1ccc(C)cc1S(=O)(=O)N1CCC(Cn2cnc3ccccc32)CC1. The van der Waals surface area contributed by atoms with Crippen LogP contribution in [0.3, 0.4) is 0 Å². The maximum absolute atomic E-state index is 13.1. The minimum atomic E-state index is -3.56. The van der Waals surface area contributed by atoms with Gasteiger partial charge >= 0.3 is 0 Å². The molecule has 1 saturated heterocycles. The number of piperidine rings is 1. The fraction of sp³-hybridized carbons (Fsp3) is 0.381. The van der Waals surface area contributed by atoms with Gasteiger partial charge in [0.2, 0.25) is 10.0 Å². The van der Waals surface area contributed by atoms with E-state index in [4.69, 9.17) is 4.74 Å². The molecule has 0 spiro atoms. The van der Waals surface area contributed by atoms with E-state index >= 15 is 0 Å². The van der Waals surface area contributed by atoms with Crippen molar-refractivity contribution in [3.05, 3.63) is 54.4 Å². The third-order valence-electron chi connectivity index (χ3n) is 5.49. The molecule has 0 N–H and O–H groups in total. The molecule has 0 atom stereocenters. The van der Waals surface area contributed by atoms with E-state index in [1.165, 1.54) is 7.11 Å². The third-order valence-corrected chi connectivity index (χ3v) is 7.41. The van der Waals surface area contributed by atoms with Crippen LogP contribution in [-0.2, 0) is 16.6 Å². The molecular formula is C21H25N3O3S. The Labute approximate surface area is 165 Å². The van der Waals surface area contributed by atoms with Gasteiger partial charge in [0.1, 0.15) is 10.6 Å². The van der Waals surface area contributed by atoms with Gasteiger partial charge in [0.05, 0.1) is 24.5 Å². The number of aromatic nitrogens is 2. The predicted molar refractivity (Wildman–Crippen MR) is 109 cm³/mol. The van der Waals surface area contributed by atoms with E-state index < -0.39 is 10.0 Å². The number of rotatable bonds is 5. The van der Waals surface area contributed by atoms with Crippen LogP contribution in [0.4, 0.5) is 0 Å². The minimum Gasteiger partial charge on any atom is -0.495 e. The van der Waals surface area contributed by atoms with E-state index in [0.717, 1.165) is 36.0 Å². The van der Waals surface area contributed by atoms with Gasteiger partial charge in [0.25, 0.3) is 0 Å². The van der Waals surface area contributed by atoms with E-state index in [0.29, 0.717) is 24.8 Å². The first-order valence-corrected chi connectivity index (χ1v) is 11.0. The summed E-state index contributed by atoms with van der Waals surface area (Å²) in [5.74, 6) is 0.834. The van der Waals surface area contributed by atoms with E-state index in [1.54, 1.807) is 16.4 Å². The van der Waals surface area contributed by atoms with E-state index in [-0.39, 0.29) is 4.90 Å². The van der Waals surface area contributed by atoms with Crippen LogP contribution in [-0.4, -0.2) is 42.5 Å². The summed E-state index contributed by atoms with van der Waals surface area (Å²) in [6.07, 6.45) is 3.55. The minimum absolute atomic E-state index is 0.258. The van der Waals surface area contributed by atoms with Crippen molar-refractivity contribution in [2.75, 3.05) is 20.2 Å². The van der Waals surface area contributed by atoms with Gasteiger partial charge in [-0.05, 0) is 55.5 Å². The standard InChI is InChI=1S/C21H25N3O3S/c1-16-7-8-20(27-2)21(13-16)28(25,26)24-11-9-17(10-12-24)14-23-15-22-18-5-3-4-6-19(18)23/h3-8,13,15,17H,9-12,14H2,1-2H3. The van der Waals surface area contributed by atoms with Gasteiger partial charge in [0.15, 0.2) is 0 Å². The molecule has 0 aliphatic carbocycles. The number of hydrogen-bond acceptors (Lipinski definition) is 4. The van der Waals surface area contributed by atoms with Crippen LogP contribution in [0.15, 0.2) is 53.7 Å². The van der Waals surface area contributed by atoms with Crippen LogP contribution in [0.5, 0.6) is 5.75 Å². The van der Waals surface area contributed by atoms with Gasteiger partial charge in [-0.3, -0.25) is 0 Å². The summed E-state index contributed by atoms with van der Waals surface area (Å²) >= 11 is 0. The summed E-state index contributed by atoms with van der Waals surface area (Å²) < 4.78 is 35.4. The van der Waals surface area contributed by atoms with Gasteiger partial charge in [-0.2, -0.15) is 4.31 Å². The second kappa shape index (κ2) is 7.56. The van der Waals surface area contributed by atoms with Crippen LogP contribution in [0.25, 0.3) is 11.0 Å². The summed E-state index contributed by atoms with van der Waals surface area (Å²) in [6, 6.07) is 13.4. The molecule has 28 heavy (non-hydrogen) atoms. The summed E-state index contributed by atoms with van der Waals surface area (Å²) in [6.45, 7) is 3.80. The van der Waals surface area contributed by atoms with E-state index in [1.807, 2.05) is 37.5 Å². The van der Waals surface area contributed by atoms with Gasteiger partial charge < -0.3 is 9.30 Å². The molecule has 1 fully saturated rings. The quantitative estimate of drug-likeness (QED) is 0.659. The number of methoxy groups -OCH3 is 1. The number of benzene rings is 2. The van der Waals surface area contributed by atoms with Crippen molar-refractivity contribution >= 4 is 21.1 Å². The molecule has 0 saturated carbocycles. The Balaban J connectivity index is 1.47. The highest BCUT2D eigenvalue weighted by Gasteiger charge is 2.31. The van der Waals surface area contributed by atoms with Crippen LogP contribution < -0.4 is 4.74 Å². The number of fused-ring (bicyclic) bond motifs is 1. The lowest BCUT2D eigenvalue weighted by Crippen LogP contribution is -2.39. The molecule has 1 aliphatic rings. The van der Waals surface area contributed by atoms with Crippen molar-refractivity contribution in [2.45, 2.75) is 31.2 Å². The molecule has 148 valence electrons. The smallest absolute Gasteiger partial charge is 0.246 e. The van der Waals surface area contributed by atoms with Crippen molar-refractivity contribution in [3.63, 3.8) is 0 Å². The average molecular weight is 400 g/mol. The first-order valence-electron chi connectivity index (χ1n) is 9.53. The lowest BCUT2D eigenvalue weighted by atomic mass is 9.98. The molecule has 2 aromatic carbocycles. The van der Waals surface area contributed by atoms with E-state index in [2.05, 4.69) is 15.6 Å². The number of ether oxygens (including phenoxy) is 1. The molecule has 0 bridgehead atoms. The van der Waals surface area contributed by atoms with Gasteiger partial charge in [0, 0.05) is 19.6 Å². The molecule has 0 radical (unpaired) electrons. The Hall–Kier alpha value is -2.38. The molecule has 7 heteroatoms. The molecule has 1 aliphatic heterocycles. The Morgan fingerprint density at radius 1 is 1.14 bits per heavy atom. The third kappa shape index (κ3) is 3.52. The second-order valence-corrected chi connectivity index (χ2v) is 9.29. The number of nitrogens with zero attached hydrogens (tertiary/aromatic N) is 3. The molecule has 2 heterocycles. The number of aryl methyl sites for hydroxylation is 1. The highest BCUT2D eigenvalue weighted by Crippen LogP contribution is 2.31. The Morgan fingerprint density at radius 2 is 1.89 bits per heavy atom. The Bertz CT molecular complexity index is 1080. The van der Waals surface area contributed by atoms with Crippen LogP contribution in [0.2, 0.25) is 0 Å². The summed E-state index contributed by atoms with van der Waals surface area (Å²) in [7, 11) is -2.05. The summed E-state index contributed by atoms with van der Waals surface area (Å²) in [5.41, 5.74) is 3.03. The molecule has 0 unspecified atom stereocenters. The van der Waals surface area contributed by atoms with Crippen molar-refractivity contribution in [3.8, 4) is 5.75 Å². The molecule has 6 nitrogen and oxygen atoms in total. The molecule has 1 aromatic heterocycles. The second-order valence-electron chi connectivity index (χ2n) is 7.39. The van der Waals surface area contributed by atoms with Crippen molar-refractivity contribution < 1.29 is 13.2 Å².